The number of carbonyl (C=O) groups is 1. The van der Waals surface area contributed by atoms with E-state index in [1.165, 1.54) is 29.6 Å². The quantitative estimate of drug-likeness (QED) is 0.361. The molecule has 0 fully saturated rings. The van der Waals surface area contributed by atoms with E-state index in [2.05, 4.69) is 15.9 Å². The summed E-state index contributed by atoms with van der Waals surface area (Å²) >= 11 is 4.60. The first kappa shape index (κ1) is 13.6. The SMILES string of the molecule is O=C(/C=C/c1ccccc1[N+](=O)[O-])c1ccc(Br)s1. The fraction of sp³-hybridized carbons (Fsp3) is 0. The van der Waals surface area contributed by atoms with Crippen LogP contribution in [0.25, 0.3) is 6.08 Å². The van der Waals surface area contributed by atoms with Crippen molar-refractivity contribution in [1.29, 1.82) is 0 Å². The maximum Gasteiger partial charge on any atom is 0.276 e. The van der Waals surface area contributed by atoms with Crippen LogP contribution in [0.15, 0.2) is 46.3 Å². The zero-order valence-electron chi connectivity index (χ0n) is 9.58. The van der Waals surface area contributed by atoms with Crippen molar-refractivity contribution in [2.24, 2.45) is 0 Å². The van der Waals surface area contributed by atoms with Crippen molar-refractivity contribution >= 4 is 44.8 Å². The van der Waals surface area contributed by atoms with Gasteiger partial charge in [-0.25, -0.2) is 0 Å². The van der Waals surface area contributed by atoms with Crippen molar-refractivity contribution in [3.05, 3.63) is 66.8 Å². The lowest BCUT2D eigenvalue weighted by Crippen LogP contribution is -1.92. The number of hydrogen-bond donors (Lipinski definition) is 0. The van der Waals surface area contributed by atoms with Crippen molar-refractivity contribution in [3.63, 3.8) is 0 Å². The maximum atomic E-state index is 11.8. The summed E-state index contributed by atoms with van der Waals surface area (Å²) in [6, 6.07) is 9.79. The number of thiophene rings is 1. The van der Waals surface area contributed by atoms with Gasteiger partial charge in [0.05, 0.1) is 19.2 Å². The largest absolute Gasteiger partial charge is 0.288 e. The number of nitro benzene ring substituents is 1. The van der Waals surface area contributed by atoms with Crippen LogP contribution < -0.4 is 0 Å². The summed E-state index contributed by atoms with van der Waals surface area (Å²) < 4.78 is 0.870. The van der Waals surface area contributed by atoms with Gasteiger partial charge in [-0.1, -0.05) is 12.1 Å². The van der Waals surface area contributed by atoms with Crippen LogP contribution in [0, 0.1) is 10.1 Å². The standard InChI is InChI=1S/C13H8BrNO3S/c14-13-8-7-12(19-13)11(16)6-5-9-3-1-2-4-10(9)15(17)18/h1-8H/b6-5+. The summed E-state index contributed by atoms with van der Waals surface area (Å²) in [4.78, 5) is 22.8. The summed E-state index contributed by atoms with van der Waals surface area (Å²) in [5, 5.41) is 10.8. The Morgan fingerprint density at radius 1 is 1.26 bits per heavy atom. The molecule has 1 aromatic carbocycles. The third-order valence-electron chi connectivity index (χ3n) is 2.36. The summed E-state index contributed by atoms with van der Waals surface area (Å²) in [6.07, 6.45) is 2.81. The second-order valence-electron chi connectivity index (χ2n) is 3.62. The molecule has 1 heterocycles. The fourth-order valence-corrected chi connectivity index (χ4v) is 2.80. The van der Waals surface area contributed by atoms with Crippen molar-refractivity contribution in [3.8, 4) is 0 Å². The van der Waals surface area contributed by atoms with Gasteiger partial charge in [-0.05, 0) is 46.3 Å². The second kappa shape index (κ2) is 5.90. The highest BCUT2D eigenvalue weighted by atomic mass is 79.9. The van der Waals surface area contributed by atoms with Gasteiger partial charge in [0.25, 0.3) is 5.69 Å². The van der Waals surface area contributed by atoms with E-state index in [0.717, 1.165) is 3.79 Å². The van der Waals surface area contributed by atoms with Gasteiger partial charge in [0, 0.05) is 6.07 Å². The van der Waals surface area contributed by atoms with E-state index in [1.54, 1.807) is 30.3 Å². The molecule has 96 valence electrons. The Kier molecular flexibility index (Phi) is 4.24. The van der Waals surface area contributed by atoms with Crippen LogP contribution >= 0.6 is 27.3 Å². The molecule has 2 rings (SSSR count). The zero-order chi connectivity index (χ0) is 13.8. The van der Waals surface area contributed by atoms with E-state index in [0.29, 0.717) is 10.4 Å². The number of ketones is 1. The normalized spacial score (nSPS) is 10.8. The zero-order valence-corrected chi connectivity index (χ0v) is 12.0. The third-order valence-corrected chi connectivity index (χ3v) is 4.00. The molecule has 0 amide bonds. The lowest BCUT2D eigenvalue weighted by atomic mass is 10.1. The lowest BCUT2D eigenvalue weighted by Gasteiger charge is -1.96. The molecule has 0 aliphatic rings. The molecule has 0 saturated carbocycles. The highest BCUT2D eigenvalue weighted by molar-refractivity contribution is 9.11. The van der Waals surface area contributed by atoms with Gasteiger partial charge in [-0.3, -0.25) is 14.9 Å². The Labute approximate surface area is 121 Å². The number of rotatable bonds is 4. The molecule has 0 spiro atoms. The van der Waals surface area contributed by atoms with Gasteiger partial charge in [0.2, 0.25) is 0 Å². The van der Waals surface area contributed by atoms with Gasteiger partial charge >= 0.3 is 0 Å². The fourth-order valence-electron chi connectivity index (χ4n) is 1.49. The van der Waals surface area contributed by atoms with Gasteiger partial charge in [0.15, 0.2) is 5.78 Å². The van der Waals surface area contributed by atoms with Crippen LogP contribution in [0.1, 0.15) is 15.2 Å². The molecule has 0 atom stereocenters. The number of allylic oxidation sites excluding steroid dienone is 1. The molecule has 0 radical (unpaired) electrons. The van der Waals surface area contributed by atoms with Crippen molar-refractivity contribution in [2.75, 3.05) is 0 Å². The van der Waals surface area contributed by atoms with E-state index >= 15 is 0 Å². The summed E-state index contributed by atoms with van der Waals surface area (Å²) in [5.74, 6) is -0.172. The minimum Gasteiger partial charge on any atom is -0.288 e. The maximum absolute atomic E-state index is 11.8. The van der Waals surface area contributed by atoms with Crippen molar-refractivity contribution in [1.82, 2.24) is 0 Å². The predicted molar refractivity (Wildman–Crippen MR) is 78.5 cm³/mol. The van der Waals surface area contributed by atoms with Crippen LogP contribution in [-0.2, 0) is 0 Å². The van der Waals surface area contributed by atoms with Gasteiger partial charge in [0.1, 0.15) is 0 Å². The van der Waals surface area contributed by atoms with E-state index in [4.69, 9.17) is 0 Å². The molecule has 0 unspecified atom stereocenters. The lowest BCUT2D eigenvalue weighted by molar-refractivity contribution is -0.385. The smallest absolute Gasteiger partial charge is 0.276 e. The van der Waals surface area contributed by atoms with Gasteiger partial charge in [-0.15, -0.1) is 11.3 Å². The topological polar surface area (TPSA) is 60.2 Å². The first-order valence-corrected chi connectivity index (χ1v) is 6.90. The first-order valence-electron chi connectivity index (χ1n) is 5.29. The highest BCUT2D eigenvalue weighted by Crippen LogP contribution is 2.24. The molecule has 19 heavy (non-hydrogen) atoms. The van der Waals surface area contributed by atoms with Crippen LogP contribution in [0.5, 0.6) is 0 Å². The summed E-state index contributed by atoms with van der Waals surface area (Å²) in [6.45, 7) is 0. The second-order valence-corrected chi connectivity index (χ2v) is 6.08. The monoisotopic (exact) mass is 337 g/mol. The average molecular weight is 338 g/mol. The van der Waals surface area contributed by atoms with Crippen LogP contribution in [0.3, 0.4) is 0 Å². The van der Waals surface area contributed by atoms with Crippen LogP contribution in [0.4, 0.5) is 5.69 Å². The molecule has 0 aliphatic carbocycles. The number of benzene rings is 1. The predicted octanol–water partition coefficient (Wildman–Crippen LogP) is 4.31. The summed E-state index contributed by atoms with van der Waals surface area (Å²) in [7, 11) is 0. The van der Waals surface area contributed by atoms with E-state index in [-0.39, 0.29) is 11.5 Å². The molecule has 2 aromatic rings. The molecule has 0 bridgehead atoms. The van der Waals surface area contributed by atoms with Crippen molar-refractivity contribution < 1.29 is 9.72 Å². The van der Waals surface area contributed by atoms with Gasteiger partial charge < -0.3 is 0 Å². The van der Waals surface area contributed by atoms with Gasteiger partial charge in [-0.2, -0.15) is 0 Å². The third kappa shape index (κ3) is 3.36. The van der Waals surface area contributed by atoms with Crippen LogP contribution in [0.2, 0.25) is 0 Å². The molecule has 0 N–H and O–H groups in total. The molecule has 1 aromatic heterocycles. The number of nitrogens with zero attached hydrogens (tertiary/aromatic N) is 1. The van der Waals surface area contributed by atoms with Crippen molar-refractivity contribution in [2.45, 2.75) is 0 Å². The van der Waals surface area contributed by atoms with E-state index in [9.17, 15) is 14.9 Å². The van der Waals surface area contributed by atoms with E-state index in [1.807, 2.05) is 0 Å². The average Bonchev–Trinajstić information content (AvgIpc) is 2.83. The molecular weight excluding hydrogens is 330 g/mol. The van der Waals surface area contributed by atoms with E-state index < -0.39 is 4.92 Å². The Balaban J connectivity index is 2.24. The molecule has 4 nitrogen and oxygen atoms in total. The van der Waals surface area contributed by atoms with Crippen LogP contribution in [-0.4, -0.2) is 10.7 Å². The Morgan fingerprint density at radius 3 is 2.63 bits per heavy atom. The number of halogens is 1. The molecular formula is C13H8BrNO3S. The number of para-hydroxylation sites is 1. The Bertz CT molecular complexity index is 663. The Hall–Kier alpha value is -1.79. The molecule has 6 heteroatoms. The molecule has 0 saturated heterocycles. The minimum absolute atomic E-state index is 0.0149. The highest BCUT2D eigenvalue weighted by Gasteiger charge is 2.10. The first-order chi connectivity index (χ1) is 9.08. The number of carbonyl (C=O) groups excluding carboxylic acids is 1. The number of nitro groups is 1. The number of hydrogen-bond acceptors (Lipinski definition) is 4. The minimum atomic E-state index is -0.466. The Morgan fingerprint density at radius 2 is 2.00 bits per heavy atom. The summed E-state index contributed by atoms with van der Waals surface area (Å²) in [5.41, 5.74) is 0.399. The molecule has 0 aliphatic heterocycles.